The fourth-order valence-corrected chi connectivity index (χ4v) is 2.89. The number of hydrogen-bond acceptors (Lipinski definition) is 0. The van der Waals surface area contributed by atoms with E-state index in [0.29, 0.717) is 0 Å². The monoisotopic (exact) mass is 234 g/mol. The maximum atomic E-state index is 3.50. The quantitative estimate of drug-likeness (QED) is 0.500. The minimum atomic E-state index is 0.204. The van der Waals surface area contributed by atoms with Gasteiger partial charge < -0.3 is 0 Å². The van der Waals surface area contributed by atoms with Gasteiger partial charge in [-0.3, -0.25) is 0 Å². The third-order valence-electron chi connectivity index (χ3n) is 4.35. The second-order valence-corrected chi connectivity index (χ2v) is 6.92. The van der Waals surface area contributed by atoms with Crippen LogP contribution in [0.3, 0.4) is 0 Å². The van der Waals surface area contributed by atoms with Crippen molar-refractivity contribution in [3.8, 4) is 11.8 Å². The molecule has 0 N–H and O–H groups in total. The molecule has 0 radical (unpaired) electrons. The second kappa shape index (κ2) is 6.48. The first-order chi connectivity index (χ1) is 7.91. The van der Waals surface area contributed by atoms with E-state index in [1.54, 1.807) is 0 Å². The standard InChI is InChI=1S/C17H30/c1-14-9-6-7-12-17(4,5)13-16(3)15(2)11-8-10-14/h14-16H,6,8-11,13H2,1-5H3. The van der Waals surface area contributed by atoms with Crippen LogP contribution in [-0.2, 0) is 0 Å². The van der Waals surface area contributed by atoms with Gasteiger partial charge in [-0.1, -0.05) is 46.0 Å². The van der Waals surface area contributed by atoms with Gasteiger partial charge in [-0.2, -0.15) is 0 Å². The molecule has 0 nitrogen and oxygen atoms in total. The first-order valence-electron chi connectivity index (χ1n) is 7.41. The molecule has 98 valence electrons. The fourth-order valence-electron chi connectivity index (χ4n) is 2.89. The maximum Gasteiger partial charge on any atom is 0.0261 e. The molecular formula is C17H30. The van der Waals surface area contributed by atoms with E-state index in [9.17, 15) is 0 Å². The van der Waals surface area contributed by atoms with Gasteiger partial charge in [0.25, 0.3) is 0 Å². The summed E-state index contributed by atoms with van der Waals surface area (Å²) < 4.78 is 0. The van der Waals surface area contributed by atoms with E-state index in [0.717, 1.165) is 24.2 Å². The molecule has 0 amide bonds. The van der Waals surface area contributed by atoms with Gasteiger partial charge >= 0.3 is 0 Å². The van der Waals surface area contributed by atoms with Crippen LogP contribution in [0.1, 0.15) is 73.1 Å². The average molecular weight is 234 g/mol. The summed E-state index contributed by atoms with van der Waals surface area (Å²) in [4.78, 5) is 0. The van der Waals surface area contributed by atoms with E-state index in [4.69, 9.17) is 0 Å². The van der Waals surface area contributed by atoms with Gasteiger partial charge in [0.1, 0.15) is 0 Å². The number of hydrogen-bond donors (Lipinski definition) is 0. The second-order valence-electron chi connectivity index (χ2n) is 6.92. The van der Waals surface area contributed by atoms with Gasteiger partial charge in [-0.15, -0.1) is 5.92 Å². The Balaban J connectivity index is 2.69. The zero-order valence-electron chi connectivity index (χ0n) is 12.5. The zero-order valence-corrected chi connectivity index (χ0v) is 12.5. The molecule has 1 aliphatic carbocycles. The minimum Gasteiger partial charge on any atom is -0.103 e. The highest BCUT2D eigenvalue weighted by Crippen LogP contribution is 2.32. The molecule has 0 aliphatic heterocycles. The van der Waals surface area contributed by atoms with Crippen LogP contribution in [0.4, 0.5) is 0 Å². The van der Waals surface area contributed by atoms with Gasteiger partial charge in [-0.05, 0) is 44.4 Å². The van der Waals surface area contributed by atoms with Crippen LogP contribution < -0.4 is 0 Å². The SMILES string of the molecule is CC1CCC#CC(C)(C)CC(C)C(C)CCC1. The summed E-state index contributed by atoms with van der Waals surface area (Å²) in [6.45, 7) is 11.8. The van der Waals surface area contributed by atoms with Crippen molar-refractivity contribution in [3.05, 3.63) is 0 Å². The van der Waals surface area contributed by atoms with E-state index in [1.807, 2.05) is 0 Å². The molecule has 0 aromatic heterocycles. The maximum absolute atomic E-state index is 3.50. The third-order valence-corrected chi connectivity index (χ3v) is 4.35. The Morgan fingerprint density at radius 3 is 2.35 bits per heavy atom. The molecule has 0 saturated carbocycles. The van der Waals surface area contributed by atoms with E-state index in [1.165, 1.54) is 32.1 Å². The lowest BCUT2D eigenvalue weighted by molar-refractivity contribution is 0.262. The van der Waals surface area contributed by atoms with Gasteiger partial charge in [0.15, 0.2) is 0 Å². The van der Waals surface area contributed by atoms with Gasteiger partial charge in [0.2, 0.25) is 0 Å². The van der Waals surface area contributed by atoms with Crippen molar-refractivity contribution in [2.24, 2.45) is 23.2 Å². The Morgan fingerprint density at radius 2 is 1.65 bits per heavy atom. The molecule has 3 atom stereocenters. The van der Waals surface area contributed by atoms with E-state index in [-0.39, 0.29) is 5.41 Å². The van der Waals surface area contributed by atoms with Crippen LogP contribution in [0, 0.1) is 35.0 Å². The largest absolute Gasteiger partial charge is 0.103 e. The zero-order chi connectivity index (χ0) is 12.9. The van der Waals surface area contributed by atoms with Crippen molar-refractivity contribution in [1.82, 2.24) is 0 Å². The highest BCUT2D eigenvalue weighted by Gasteiger charge is 2.22. The molecular weight excluding hydrogens is 204 g/mol. The van der Waals surface area contributed by atoms with Gasteiger partial charge in [0.05, 0.1) is 0 Å². The third kappa shape index (κ3) is 5.62. The lowest BCUT2D eigenvalue weighted by atomic mass is 9.77. The first-order valence-corrected chi connectivity index (χ1v) is 7.41. The van der Waals surface area contributed by atoms with Crippen LogP contribution in [0.5, 0.6) is 0 Å². The van der Waals surface area contributed by atoms with Gasteiger partial charge in [0, 0.05) is 11.8 Å². The molecule has 0 aromatic carbocycles. The Labute approximate surface area is 109 Å². The summed E-state index contributed by atoms with van der Waals surface area (Å²) in [5, 5.41) is 0. The predicted molar refractivity (Wildman–Crippen MR) is 76.8 cm³/mol. The summed E-state index contributed by atoms with van der Waals surface area (Å²) in [6.07, 6.45) is 7.82. The smallest absolute Gasteiger partial charge is 0.0261 e. The summed E-state index contributed by atoms with van der Waals surface area (Å²) in [6, 6.07) is 0. The first kappa shape index (κ1) is 14.6. The molecule has 0 saturated heterocycles. The Kier molecular flexibility index (Phi) is 5.57. The normalized spacial score (nSPS) is 35.0. The molecule has 0 spiro atoms. The van der Waals surface area contributed by atoms with Crippen molar-refractivity contribution >= 4 is 0 Å². The molecule has 17 heavy (non-hydrogen) atoms. The van der Waals surface area contributed by atoms with Crippen molar-refractivity contribution in [2.75, 3.05) is 0 Å². The molecule has 0 heterocycles. The average Bonchev–Trinajstić information content (AvgIpc) is 2.22. The Morgan fingerprint density at radius 1 is 0.941 bits per heavy atom. The van der Waals surface area contributed by atoms with Gasteiger partial charge in [-0.25, -0.2) is 0 Å². The predicted octanol–water partition coefficient (Wildman–Crippen LogP) is 5.28. The van der Waals surface area contributed by atoms with E-state index < -0.39 is 0 Å². The molecule has 1 aliphatic rings. The molecule has 0 fully saturated rings. The highest BCUT2D eigenvalue weighted by atomic mass is 14.3. The molecule has 0 bridgehead atoms. The lowest BCUT2D eigenvalue weighted by Gasteiger charge is -2.28. The lowest BCUT2D eigenvalue weighted by Crippen LogP contribution is -2.19. The van der Waals surface area contributed by atoms with Crippen LogP contribution in [-0.4, -0.2) is 0 Å². The van der Waals surface area contributed by atoms with Crippen molar-refractivity contribution in [2.45, 2.75) is 73.1 Å². The van der Waals surface area contributed by atoms with Crippen molar-refractivity contribution in [1.29, 1.82) is 0 Å². The molecule has 3 unspecified atom stereocenters. The summed E-state index contributed by atoms with van der Waals surface area (Å²) >= 11 is 0. The Bertz CT molecular complexity index is 276. The van der Waals surface area contributed by atoms with Crippen molar-refractivity contribution in [3.63, 3.8) is 0 Å². The Hall–Kier alpha value is -0.440. The topological polar surface area (TPSA) is 0 Å². The summed E-state index contributed by atoms with van der Waals surface area (Å²) in [5.41, 5.74) is 0.204. The molecule has 1 rings (SSSR count). The highest BCUT2D eigenvalue weighted by molar-refractivity contribution is 5.09. The minimum absolute atomic E-state index is 0.204. The molecule has 0 heteroatoms. The number of rotatable bonds is 0. The van der Waals surface area contributed by atoms with E-state index in [2.05, 4.69) is 46.5 Å². The summed E-state index contributed by atoms with van der Waals surface area (Å²) in [5.74, 6) is 9.41. The fraction of sp³-hybridized carbons (Fsp3) is 0.882. The van der Waals surface area contributed by atoms with Crippen LogP contribution in [0.25, 0.3) is 0 Å². The van der Waals surface area contributed by atoms with Crippen LogP contribution in [0.15, 0.2) is 0 Å². The van der Waals surface area contributed by atoms with E-state index >= 15 is 0 Å². The van der Waals surface area contributed by atoms with Crippen LogP contribution in [0.2, 0.25) is 0 Å². The summed E-state index contributed by atoms with van der Waals surface area (Å²) in [7, 11) is 0. The van der Waals surface area contributed by atoms with Crippen molar-refractivity contribution < 1.29 is 0 Å². The van der Waals surface area contributed by atoms with Crippen LogP contribution >= 0.6 is 0 Å². The molecule has 0 aromatic rings.